The Balaban J connectivity index is 1.59. The normalized spacial score (nSPS) is 11.0. The second-order valence-corrected chi connectivity index (χ2v) is 6.86. The van der Waals surface area contributed by atoms with Gasteiger partial charge in [-0.1, -0.05) is 12.1 Å². The smallest absolute Gasteiger partial charge is 0.258 e. The minimum atomic E-state index is -0.330. The number of ether oxygens (including phenoxy) is 1. The van der Waals surface area contributed by atoms with Crippen molar-refractivity contribution < 1.29 is 9.53 Å². The molecule has 8 nitrogen and oxygen atoms in total. The van der Waals surface area contributed by atoms with Crippen molar-refractivity contribution in [1.29, 1.82) is 0 Å². The summed E-state index contributed by atoms with van der Waals surface area (Å²) in [6, 6.07) is 9.10. The standard InChI is InChI=1S/C21H20N6O2/c1-13(2)29-19-9-15(6-7-23-19)20(28)26-21-24-10-16-5-4-14(8-17(16)25-21)18-11-22-12-27(18)3/h4-13H,1-3H3,(H,24,25,26,28). The number of pyridine rings is 1. The van der Waals surface area contributed by atoms with Gasteiger partial charge in [-0.05, 0) is 26.0 Å². The molecule has 146 valence electrons. The molecule has 0 aliphatic carbocycles. The Hall–Kier alpha value is -3.81. The summed E-state index contributed by atoms with van der Waals surface area (Å²) >= 11 is 0. The molecular formula is C21H20N6O2. The molecule has 0 aliphatic heterocycles. The van der Waals surface area contributed by atoms with E-state index in [1.807, 2.05) is 43.7 Å². The number of carbonyl (C=O) groups is 1. The second-order valence-electron chi connectivity index (χ2n) is 6.86. The summed E-state index contributed by atoms with van der Waals surface area (Å²) in [6.45, 7) is 3.80. The SMILES string of the molecule is CC(C)Oc1cc(C(=O)Nc2ncc3ccc(-c4cncn4C)cc3n2)ccn1. The first-order valence-corrected chi connectivity index (χ1v) is 9.17. The third kappa shape index (κ3) is 4.06. The molecule has 0 fully saturated rings. The number of amides is 1. The first-order valence-electron chi connectivity index (χ1n) is 9.17. The van der Waals surface area contributed by atoms with Crippen molar-refractivity contribution in [3.8, 4) is 17.1 Å². The van der Waals surface area contributed by atoms with Crippen molar-refractivity contribution in [2.75, 3.05) is 5.32 Å². The lowest BCUT2D eigenvalue weighted by molar-refractivity contribution is 0.102. The van der Waals surface area contributed by atoms with Gasteiger partial charge in [0.15, 0.2) is 0 Å². The van der Waals surface area contributed by atoms with Crippen LogP contribution in [0.3, 0.4) is 0 Å². The highest BCUT2D eigenvalue weighted by Gasteiger charge is 2.11. The lowest BCUT2D eigenvalue weighted by atomic mass is 10.1. The van der Waals surface area contributed by atoms with E-state index in [2.05, 4.69) is 25.3 Å². The highest BCUT2D eigenvalue weighted by molar-refractivity contribution is 6.03. The van der Waals surface area contributed by atoms with E-state index in [0.717, 1.165) is 22.2 Å². The maximum atomic E-state index is 12.6. The van der Waals surface area contributed by atoms with Crippen LogP contribution in [0.25, 0.3) is 22.2 Å². The number of aryl methyl sites for hydroxylation is 1. The van der Waals surface area contributed by atoms with E-state index in [4.69, 9.17) is 4.74 Å². The Bertz CT molecular complexity index is 1180. The van der Waals surface area contributed by atoms with Crippen molar-refractivity contribution >= 4 is 22.8 Å². The summed E-state index contributed by atoms with van der Waals surface area (Å²) in [5.74, 6) is 0.295. The van der Waals surface area contributed by atoms with Gasteiger partial charge in [0.1, 0.15) is 0 Å². The van der Waals surface area contributed by atoms with Gasteiger partial charge in [0.05, 0.1) is 29.8 Å². The number of hydrogen-bond acceptors (Lipinski definition) is 6. The zero-order valence-corrected chi connectivity index (χ0v) is 16.3. The largest absolute Gasteiger partial charge is 0.475 e. The highest BCUT2D eigenvalue weighted by atomic mass is 16.5. The van der Waals surface area contributed by atoms with Gasteiger partial charge in [-0.25, -0.2) is 19.9 Å². The molecule has 0 radical (unpaired) electrons. The van der Waals surface area contributed by atoms with Crippen molar-refractivity contribution in [1.82, 2.24) is 24.5 Å². The van der Waals surface area contributed by atoms with Crippen LogP contribution >= 0.6 is 0 Å². The summed E-state index contributed by atoms with van der Waals surface area (Å²) in [5.41, 5.74) is 3.11. The van der Waals surface area contributed by atoms with E-state index in [1.54, 1.807) is 30.9 Å². The summed E-state index contributed by atoms with van der Waals surface area (Å²) in [5, 5.41) is 3.61. The summed E-state index contributed by atoms with van der Waals surface area (Å²) in [6.07, 6.45) is 6.74. The second kappa shape index (κ2) is 7.67. The monoisotopic (exact) mass is 388 g/mol. The number of aromatic nitrogens is 5. The van der Waals surface area contributed by atoms with Gasteiger partial charge >= 0.3 is 0 Å². The number of benzene rings is 1. The average Bonchev–Trinajstić information content (AvgIpc) is 3.13. The van der Waals surface area contributed by atoms with Crippen LogP contribution < -0.4 is 10.1 Å². The maximum Gasteiger partial charge on any atom is 0.258 e. The molecule has 1 aromatic carbocycles. The molecule has 8 heteroatoms. The molecule has 0 saturated heterocycles. The third-order valence-corrected chi connectivity index (χ3v) is 4.27. The fraction of sp³-hybridized carbons (Fsp3) is 0.190. The van der Waals surface area contributed by atoms with Gasteiger partial charge in [0.2, 0.25) is 11.8 Å². The third-order valence-electron chi connectivity index (χ3n) is 4.27. The summed E-state index contributed by atoms with van der Waals surface area (Å²) < 4.78 is 7.48. The fourth-order valence-electron chi connectivity index (χ4n) is 2.91. The molecule has 0 unspecified atom stereocenters. The van der Waals surface area contributed by atoms with Crippen LogP contribution in [0.1, 0.15) is 24.2 Å². The molecular weight excluding hydrogens is 368 g/mol. The van der Waals surface area contributed by atoms with E-state index in [-0.39, 0.29) is 18.0 Å². The first kappa shape index (κ1) is 18.5. The Labute approximate surface area is 167 Å². The van der Waals surface area contributed by atoms with Gasteiger partial charge in [-0.2, -0.15) is 0 Å². The molecule has 1 N–H and O–H groups in total. The fourth-order valence-corrected chi connectivity index (χ4v) is 2.91. The molecule has 29 heavy (non-hydrogen) atoms. The Morgan fingerprint density at radius 1 is 1.14 bits per heavy atom. The average molecular weight is 388 g/mol. The minimum absolute atomic E-state index is 0.0294. The van der Waals surface area contributed by atoms with E-state index < -0.39 is 0 Å². The van der Waals surface area contributed by atoms with E-state index in [9.17, 15) is 4.79 Å². The van der Waals surface area contributed by atoms with Crippen LogP contribution in [-0.4, -0.2) is 36.5 Å². The minimum Gasteiger partial charge on any atom is -0.475 e. The van der Waals surface area contributed by atoms with Gasteiger partial charge in [-0.15, -0.1) is 0 Å². The molecule has 4 rings (SSSR count). The van der Waals surface area contributed by atoms with Crippen molar-refractivity contribution in [3.63, 3.8) is 0 Å². The number of fused-ring (bicyclic) bond motifs is 1. The highest BCUT2D eigenvalue weighted by Crippen LogP contribution is 2.23. The van der Waals surface area contributed by atoms with Gasteiger partial charge in [-0.3, -0.25) is 10.1 Å². The summed E-state index contributed by atoms with van der Waals surface area (Å²) in [4.78, 5) is 29.6. The molecule has 3 aromatic heterocycles. The van der Waals surface area contributed by atoms with Crippen LogP contribution in [0.5, 0.6) is 5.88 Å². The number of imidazole rings is 1. The number of carbonyl (C=O) groups excluding carboxylic acids is 1. The van der Waals surface area contributed by atoms with Crippen LogP contribution in [0.15, 0.2) is 55.2 Å². The molecule has 3 heterocycles. The molecule has 0 aliphatic rings. The predicted molar refractivity (Wildman–Crippen MR) is 110 cm³/mol. The molecule has 0 bridgehead atoms. The van der Waals surface area contributed by atoms with E-state index >= 15 is 0 Å². The Morgan fingerprint density at radius 3 is 2.76 bits per heavy atom. The van der Waals surface area contributed by atoms with Crippen molar-refractivity contribution in [2.24, 2.45) is 7.05 Å². The van der Waals surface area contributed by atoms with Crippen LogP contribution in [0, 0.1) is 0 Å². The first-order chi connectivity index (χ1) is 14.0. The summed E-state index contributed by atoms with van der Waals surface area (Å²) in [7, 11) is 1.93. The van der Waals surface area contributed by atoms with E-state index in [0.29, 0.717) is 11.4 Å². The number of nitrogens with zero attached hydrogens (tertiary/aromatic N) is 5. The number of anilines is 1. The molecule has 4 aromatic rings. The Kier molecular flexibility index (Phi) is 4.90. The number of hydrogen-bond donors (Lipinski definition) is 1. The maximum absolute atomic E-state index is 12.6. The number of nitrogens with one attached hydrogen (secondary N) is 1. The van der Waals surface area contributed by atoms with E-state index in [1.165, 1.54) is 6.20 Å². The zero-order valence-electron chi connectivity index (χ0n) is 16.3. The lowest BCUT2D eigenvalue weighted by Crippen LogP contribution is -2.15. The predicted octanol–water partition coefficient (Wildman–Crippen LogP) is 3.46. The lowest BCUT2D eigenvalue weighted by Gasteiger charge is -2.10. The van der Waals surface area contributed by atoms with Crippen molar-refractivity contribution in [3.05, 3.63) is 60.8 Å². The van der Waals surface area contributed by atoms with Gasteiger partial charge in [0, 0.05) is 42.0 Å². The van der Waals surface area contributed by atoms with Crippen molar-refractivity contribution in [2.45, 2.75) is 20.0 Å². The number of rotatable bonds is 5. The van der Waals surface area contributed by atoms with Crippen LogP contribution in [0.4, 0.5) is 5.95 Å². The zero-order chi connectivity index (χ0) is 20.4. The van der Waals surface area contributed by atoms with Crippen LogP contribution in [0.2, 0.25) is 0 Å². The van der Waals surface area contributed by atoms with Crippen LogP contribution in [-0.2, 0) is 7.05 Å². The Morgan fingerprint density at radius 2 is 2.00 bits per heavy atom. The quantitative estimate of drug-likeness (QED) is 0.563. The topological polar surface area (TPSA) is 94.8 Å². The van der Waals surface area contributed by atoms with Gasteiger partial charge < -0.3 is 9.30 Å². The van der Waals surface area contributed by atoms with Gasteiger partial charge in [0.25, 0.3) is 5.91 Å². The molecule has 0 atom stereocenters. The molecule has 1 amide bonds. The molecule has 0 spiro atoms. The molecule has 0 saturated carbocycles.